The topological polar surface area (TPSA) is 116 Å². The number of amides is 3. The number of carbonyl (C=O) groups excluding carboxylic acids is 3. The van der Waals surface area contributed by atoms with E-state index in [1.165, 1.54) is 25.5 Å². The molecule has 1 fully saturated rings. The highest BCUT2D eigenvalue weighted by Gasteiger charge is 2.29. The Hall–Kier alpha value is -2.94. The van der Waals surface area contributed by atoms with Crippen LogP contribution in [0.5, 0.6) is 0 Å². The maximum atomic E-state index is 13.1. The lowest BCUT2D eigenvalue weighted by Gasteiger charge is -2.28. The van der Waals surface area contributed by atoms with E-state index in [9.17, 15) is 18.8 Å². The maximum absolute atomic E-state index is 13.1. The molecule has 0 spiro atoms. The molecule has 3 rings (SSSR count). The lowest BCUT2D eigenvalue weighted by Crippen LogP contribution is -2.40. The van der Waals surface area contributed by atoms with Gasteiger partial charge in [0.1, 0.15) is 11.5 Å². The van der Waals surface area contributed by atoms with Gasteiger partial charge >= 0.3 is 0 Å². The molecule has 0 aliphatic heterocycles. The summed E-state index contributed by atoms with van der Waals surface area (Å²) in [5.41, 5.74) is 0.512. The van der Waals surface area contributed by atoms with Crippen LogP contribution in [-0.4, -0.2) is 40.8 Å². The van der Waals surface area contributed by atoms with Gasteiger partial charge in [-0.2, -0.15) is 0 Å². The predicted molar refractivity (Wildman–Crippen MR) is 105 cm³/mol. The van der Waals surface area contributed by atoms with Gasteiger partial charge < -0.3 is 20.9 Å². The van der Waals surface area contributed by atoms with E-state index in [1.54, 1.807) is 0 Å². The lowest BCUT2D eigenvalue weighted by atomic mass is 9.85. The summed E-state index contributed by atoms with van der Waals surface area (Å²) in [6, 6.07) is 3.69. The van der Waals surface area contributed by atoms with Crippen LogP contribution < -0.4 is 16.0 Å². The summed E-state index contributed by atoms with van der Waals surface area (Å²) in [7, 11) is 1.47. The second kappa shape index (κ2) is 9.04. The zero-order chi connectivity index (χ0) is 21.0. The highest BCUT2D eigenvalue weighted by Crippen LogP contribution is 2.28. The van der Waals surface area contributed by atoms with Crippen molar-refractivity contribution in [3.05, 3.63) is 46.8 Å². The van der Waals surface area contributed by atoms with E-state index in [1.807, 2.05) is 0 Å². The molecule has 2 aromatic rings. The predicted octanol–water partition coefficient (Wildman–Crippen LogP) is 2.49. The fourth-order valence-corrected chi connectivity index (χ4v) is 3.56. The third kappa shape index (κ3) is 4.92. The first-order valence-corrected chi connectivity index (χ1v) is 9.59. The zero-order valence-corrected chi connectivity index (χ0v) is 16.5. The van der Waals surface area contributed by atoms with Gasteiger partial charge in [0.15, 0.2) is 5.69 Å². The van der Waals surface area contributed by atoms with E-state index in [-0.39, 0.29) is 34.3 Å². The second-order valence-electron chi connectivity index (χ2n) is 6.84. The third-order valence-electron chi connectivity index (χ3n) is 4.93. The van der Waals surface area contributed by atoms with Crippen LogP contribution in [-0.2, 0) is 4.79 Å². The van der Waals surface area contributed by atoms with E-state index in [0.29, 0.717) is 31.4 Å². The molecule has 10 heteroatoms. The van der Waals surface area contributed by atoms with E-state index in [0.717, 1.165) is 6.07 Å². The molecule has 1 saturated carbocycles. The van der Waals surface area contributed by atoms with Crippen molar-refractivity contribution in [3.8, 4) is 0 Å². The number of hydrogen-bond donors (Lipinski definition) is 4. The van der Waals surface area contributed by atoms with Crippen LogP contribution in [0.1, 0.15) is 46.7 Å². The van der Waals surface area contributed by atoms with Crippen molar-refractivity contribution in [2.24, 2.45) is 5.92 Å². The van der Waals surface area contributed by atoms with Gasteiger partial charge in [-0.25, -0.2) is 9.37 Å². The summed E-state index contributed by atoms with van der Waals surface area (Å²) in [6.07, 6.45) is 3.68. The van der Waals surface area contributed by atoms with Crippen molar-refractivity contribution in [3.63, 3.8) is 0 Å². The van der Waals surface area contributed by atoms with Crippen molar-refractivity contribution in [1.29, 1.82) is 0 Å². The van der Waals surface area contributed by atoms with Gasteiger partial charge in [0.25, 0.3) is 11.8 Å². The van der Waals surface area contributed by atoms with Gasteiger partial charge in [-0.15, -0.1) is 0 Å². The first kappa shape index (κ1) is 20.8. The van der Waals surface area contributed by atoms with Gasteiger partial charge in [0.2, 0.25) is 5.91 Å². The summed E-state index contributed by atoms with van der Waals surface area (Å²) in [5.74, 6) is -1.74. The monoisotopic (exact) mass is 421 g/mol. The molecule has 8 nitrogen and oxygen atoms in total. The number of H-pyrrole nitrogens is 1. The molecule has 0 unspecified atom stereocenters. The minimum absolute atomic E-state index is 0.0372. The van der Waals surface area contributed by atoms with E-state index >= 15 is 0 Å². The Morgan fingerprint density at radius 3 is 2.55 bits per heavy atom. The minimum atomic E-state index is -0.472. The number of halogens is 2. The molecule has 0 saturated heterocycles. The molecule has 0 atom stereocenters. The average Bonchev–Trinajstić information content (AvgIpc) is 3.20. The molecule has 3 amide bonds. The number of carbonyl (C=O) groups is 3. The highest BCUT2D eigenvalue weighted by molar-refractivity contribution is 6.33. The standard InChI is InChI=1S/C19H21ClFN5O3/c1-22-18(28)15-16(24-9-23-15)19(29)25-12-5-2-10(3-6-12)17(27)26-14-7-4-11(21)8-13(14)20/h4,7-10,12H,2-3,5-6H2,1H3,(H,22,28)(H,23,24)(H,25,29)(H,26,27). The summed E-state index contributed by atoms with van der Waals surface area (Å²) in [4.78, 5) is 43.2. The number of benzene rings is 1. The van der Waals surface area contributed by atoms with Crippen molar-refractivity contribution < 1.29 is 18.8 Å². The molecular weight excluding hydrogens is 401 g/mol. The van der Waals surface area contributed by atoms with E-state index in [4.69, 9.17) is 11.6 Å². The minimum Gasteiger partial charge on any atom is -0.354 e. The van der Waals surface area contributed by atoms with Gasteiger partial charge in [-0.3, -0.25) is 14.4 Å². The highest BCUT2D eigenvalue weighted by atomic mass is 35.5. The third-order valence-corrected chi connectivity index (χ3v) is 5.24. The van der Waals surface area contributed by atoms with E-state index in [2.05, 4.69) is 25.9 Å². The zero-order valence-electron chi connectivity index (χ0n) is 15.7. The number of aromatic nitrogens is 2. The largest absolute Gasteiger partial charge is 0.354 e. The number of hydrogen-bond acceptors (Lipinski definition) is 4. The molecule has 1 aliphatic rings. The molecule has 0 bridgehead atoms. The molecule has 154 valence electrons. The average molecular weight is 422 g/mol. The Morgan fingerprint density at radius 1 is 1.17 bits per heavy atom. The number of anilines is 1. The summed E-state index contributed by atoms with van der Waals surface area (Å²) in [5, 5.41) is 8.19. The Balaban J connectivity index is 1.52. The Labute approximate surface area is 171 Å². The fourth-order valence-electron chi connectivity index (χ4n) is 3.34. The fraction of sp³-hybridized carbons (Fsp3) is 0.368. The summed E-state index contributed by atoms with van der Waals surface area (Å²) in [6.45, 7) is 0. The molecule has 1 aliphatic carbocycles. The molecule has 1 aromatic carbocycles. The van der Waals surface area contributed by atoms with Gasteiger partial charge in [-0.05, 0) is 43.9 Å². The molecule has 0 radical (unpaired) electrons. The van der Waals surface area contributed by atoms with Crippen LogP contribution in [0, 0.1) is 11.7 Å². The van der Waals surface area contributed by atoms with Crippen LogP contribution in [0.25, 0.3) is 0 Å². The van der Waals surface area contributed by atoms with Gasteiger partial charge in [-0.1, -0.05) is 11.6 Å². The quantitative estimate of drug-likeness (QED) is 0.593. The van der Waals surface area contributed by atoms with Crippen LogP contribution >= 0.6 is 11.6 Å². The number of imidazole rings is 1. The van der Waals surface area contributed by atoms with Gasteiger partial charge in [0, 0.05) is 19.0 Å². The Morgan fingerprint density at radius 2 is 1.90 bits per heavy atom. The van der Waals surface area contributed by atoms with Gasteiger partial charge in [0.05, 0.1) is 17.0 Å². The Bertz CT molecular complexity index is 924. The van der Waals surface area contributed by atoms with Crippen molar-refractivity contribution in [2.75, 3.05) is 12.4 Å². The van der Waals surface area contributed by atoms with Crippen LogP contribution in [0.15, 0.2) is 24.5 Å². The van der Waals surface area contributed by atoms with E-state index < -0.39 is 17.6 Å². The number of nitrogens with zero attached hydrogens (tertiary/aromatic N) is 1. The normalized spacial score (nSPS) is 18.7. The van der Waals surface area contributed by atoms with Crippen molar-refractivity contribution in [2.45, 2.75) is 31.7 Å². The summed E-state index contributed by atoms with van der Waals surface area (Å²) >= 11 is 5.95. The smallest absolute Gasteiger partial charge is 0.272 e. The SMILES string of the molecule is CNC(=O)c1[nH]cnc1C(=O)NC1CCC(C(=O)Nc2ccc(F)cc2Cl)CC1. The second-order valence-corrected chi connectivity index (χ2v) is 7.25. The molecule has 29 heavy (non-hydrogen) atoms. The Kier molecular flexibility index (Phi) is 6.48. The molecule has 1 aromatic heterocycles. The van der Waals surface area contributed by atoms with Crippen LogP contribution in [0.4, 0.5) is 10.1 Å². The molecule has 1 heterocycles. The number of nitrogens with one attached hydrogen (secondary N) is 4. The first-order valence-electron chi connectivity index (χ1n) is 9.21. The number of aromatic amines is 1. The number of rotatable bonds is 5. The first-order chi connectivity index (χ1) is 13.9. The van der Waals surface area contributed by atoms with Crippen LogP contribution in [0.3, 0.4) is 0 Å². The maximum Gasteiger partial charge on any atom is 0.272 e. The van der Waals surface area contributed by atoms with Crippen molar-refractivity contribution in [1.82, 2.24) is 20.6 Å². The van der Waals surface area contributed by atoms with Crippen LogP contribution in [0.2, 0.25) is 5.02 Å². The molecule has 4 N–H and O–H groups in total. The summed E-state index contributed by atoms with van der Waals surface area (Å²) < 4.78 is 13.1. The molecular formula is C19H21ClFN5O3. The van der Waals surface area contributed by atoms with Crippen molar-refractivity contribution >= 4 is 35.0 Å². The lowest BCUT2D eigenvalue weighted by molar-refractivity contribution is -0.120.